The summed E-state index contributed by atoms with van der Waals surface area (Å²) in [6.07, 6.45) is 1.98. The fourth-order valence-electron chi connectivity index (χ4n) is 0.969. The SMILES string of the molecule is CN(CCCS(C)(=O)=O)C(C)(C)CBr. The van der Waals surface area contributed by atoms with E-state index in [2.05, 4.69) is 34.7 Å². The van der Waals surface area contributed by atoms with Gasteiger partial charge in [0.05, 0.1) is 5.75 Å². The smallest absolute Gasteiger partial charge is 0.147 e. The van der Waals surface area contributed by atoms with Gasteiger partial charge in [-0.1, -0.05) is 15.9 Å². The van der Waals surface area contributed by atoms with Crippen molar-refractivity contribution in [2.45, 2.75) is 25.8 Å². The van der Waals surface area contributed by atoms with E-state index in [1.54, 1.807) is 0 Å². The summed E-state index contributed by atoms with van der Waals surface area (Å²) in [4.78, 5) is 2.17. The molecule has 0 aromatic rings. The van der Waals surface area contributed by atoms with Crippen molar-refractivity contribution in [3.63, 3.8) is 0 Å². The number of hydrogen-bond acceptors (Lipinski definition) is 3. The van der Waals surface area contributed by atoms with Crippen molar-refractivity contribution in [1.82, 2.24) is 4.90 Å². The lowest BCUT2D eigenvalue weighted by Gasteiger charge is -2.33. The third-order valence-corrected chi connectivity index (χ3v) is 4.77. The van der Waals surface area contributed by atoms with E-state index in [1.165, 1.54) is 6.26 Å². The highest BCUT2D eigenvalue weighted by atomic mass is 79.9. The molecule has 0 amide bonds. The predicted octanol–water partition coefficient (Wildman–Crippen LogP) is 1.53. The molecule has 0 unspecified atom stereocenters. The molecular weight excluding hydrogens is 266 g/mol. The van der Waals surface area contributed by atoms with Crippen molar-refractivity contribution in [2.75, 3.05) is 30.9 Å². The molecule has 0 aromatic carbocycles. The molecule has 0 saturated carbocycles. The van der Waals surface area contributed by atoms with Crippen LogP contribution in [0.4, 0.5) is 0 Å². The van der Waals surface area contributed by atoms with Crippen LogP contribution < -0.4 is 0 Å². The van der Waals surface area contributed by atoms with Crippen LogP contribution in [0, 0.1) is 0 Å². The largest absolute Gasteiger partial charge is 0.300 e. The molecule has 0 aliphatic carbocycles. The van der Waals surface area contributed by atoms with E-state index in [4.69, 9.17) is 0 Å². The molecule has 0 atom stereocenters. The summed E-state index contributed by atoms with van der Waals surface area (Å²) in [6.45, 7) is 5.07. The highest BCUT2D eigenvalue weighted by Crippen LogP contribution is 2.15. The summed E-state index contributed by atoms with van der Waals surface area (Å²) in [5.74, 6) is 0.274. The molecule has 0 heterocycles. The molecule has 0 aliphatic heterocycles. The summed E-state index contributed by atoms with van der Waals surface area (Å²) in [5, 5.41) is 0.884. The highest BCUT2D eigenvalue weighted by molar-refractivity contribution is 9.09. The molecule has 5 heteroatoms. The van der Waals surface area contributed by atoms with Crippen LogP contribution in [0.2, 0.25) is 0 Å². The van der Waals surface area contributed by atoms with Crippen LogP contribution in [0.5, 0.6) is 0 Å². The lowest BCUT2D eigenvalue weighted by Crippen LogP contribution is -2.43. The van der Waals surface area contributed by atoms with E-state index in [0.29, 0.717) is 6.42 Å². The lowest BCUT2D eigenvalue weighted by molar-refractivity contribution is 0.182. The van der Waals surface area contributed by atoms with E-state index in [9.17, 15) is 8.42 Å². The second-order valence-electron chi connectivity index (χ2n) is 4.35. The van der Waals surface area contributed by atoms with Gasteiger partial charge in [-0.05, 0) is 33.9 Å². The first-order chi connectivity index (χ1) is 6.19. The fraction of sp³-hybridized carbons (Fsp3) is 1.00. The zero-order valence-corrected chi connectivity index (χ0v) is 11.8. The number of alkyl halides is 1. The van der Waals surface area contributed by atoms with Crippen molar-refractivity contribution in [3.8, 4) is 0 Å². The van der Waals surface area contributed by atoms with Gasteiger partial charge in [0.2, 0.25) is 0 Å². The van der Waals surface area contributed by atoms with Gasteiger partial charge in [-0.15, -0.1) is 0 Å². The van der Waals surface area contributed by atoms with Gasteiger partial charge < -0.3 is 4.90 Å². The Morgan fingerprint density at radius 3 is 2.21 bits per heavy atom. The number of nitrogens with zero attached hydrogens (tertiary/aromatic N) is 1. The van der Waals surface area contributed by atoms with Crippen LogP contribution in [0.25, 0.3) is 0 Å². The number of sulfone groups is 1. The number of hydrogen-bond donors (Lipinski definition) is 0. The normalized spacial score (nSPS) is 13.6. The summed E-state index contributed by atoms with van der Waals surface area (Å²) >= 11 is 3.44. The molecule has 0 aliphatic rings. The molecule has 0 aromatic heterocycles. The van der Waals surface area contributed by atoms with Crippen LogP contribution in [-0.4, -0.2) is 49.8 Å². The Balaban J connectivity index is 3.92. The second-order valence-corrected chi connectivity index (χ2v) is 7.17. The molecule has 0 spiro atoms. The molecule has 0 bridgehead atoms. The molecule has 0 fully saturated rings. The van der Waals surface area contributed by atoms with Crippen molar-refractivity contribution >= 4 is 25.8 Å². The predicted molar refractivity (Wildman–Crippen MR) is 64.8 cm³/mol. The maximum absolute atomic E-state index is 10.9. The quantitative estimate of drug-likeness (QED) is 0.695. The third kappa shape index (κ3) is 5.98. The Hall–Kier alpha value is 0.390. The van der Waals surface area contributed by atoms with Gasteiger partial charge in [0, 0.05) is 17.1 Å². The van der Waals surface area contributed by atoms with E-state index in [0.717, 1.165) is 11.9 Å². The van der Waals surface area contributed by atoms with E-state index in [-0.39, 0.29) is 11.3 Å². The maximum atomic E-state index is 10.9. The number of halogens is 1. The molecule has 3 nitrogen and oxygen atoms in total. The first kappa shape index (κ1) is 14.4. The Morgan fingerprint density at radius 2 is 1.86 bits per heavy atom. The average Bonchev–Trinajstić information content (AvgIpc) is 2.02. The van der Waals surface area contributed by atoms with Gasteiger partial charge in [0.1, 0.15) is 9.84 Å². The number of rotatable bonds is 6. The van der Waals surface area contributed by atoms with E-state index < -0.39 is 9.84 Å². The third-order valence-electron chi connectivity index (χ3n) is 2.37. The Morgan fingerprint density at radius 1 is 1.36 bits per heavy atom. The van der Waals surface area contributed by atoms with E-state index >= 15 is 0 Å². The van der Waals surface area contributed by atoms with Crippen LogP contribution in [-0.2, 0) is 9.84 Å². The monoisotopic (exact) mass is 285 g/mol. The van der Waals surface area contributed by atoms with Gasteiger partial charge in [0.25, 0.3) is 0 Å². The molecule has 14 heavy (non-hydrogen) atoms. The minimum atomic E-state index is -2.81. The summed E-state index contributed by atoms with van der Waals surface area (Å²) in [6, 6.07) is 0. The van der Waals surface area contributed by atoms with Crippen molar-refractivity contribution in [2.24, 2.45) is 0 Å². The first-order valence-corrected chi connectivity index (χ1v) is 7.82. The van der Waals surface area contributed by atoms with Gasteiger partial charge in [-0.25, -0.2) is 8.42 Å². The Kier molecular flexibility index (Phi) is 5.62. The molecular formula is C9H20BrNO2S. The zero-order chi connectivity index (χ0) is 11.4. The van der Waals surface area contributed by atoms with Gasteiger partial charge >= 0.3 is 0 Å². The van der Waals surface area contributed by atoms with Crippen molar-refractivity contribution < 1.29 is 8.42 Å². The van der Waals surface area contributed by atoms with Gasteiger partial charge in [0.15, 0.2) is 0 Å². The Bertz CT molecular complexity index is 262. The summed E-state index contributed by atoms with van der Waals surface area (Å²) in [5.41, 5.74) is 0.0809. The lowest BCUT2D eigenvalue weighted by atomic mass is 10.1. The molecule has 0 rings (SSSR count). The van der Waals surface area contributed by atoms with Crippen molar-refractivity contribution in [3.05, 3.63) is 0 Å². The minimum absolute atomic E-state index is 0.0809. The summed E-state index contributed by atoms with van der Waals surface area (Å²) in [7, 11) is -0.793. The fourth-order valence-corrected chi connectivity index (χ4v) is 2.05. The van der Waals surface area contributed by atoms with Crippen LogP contribution in [0.1, 0.15) is 20.3 Å². The molecule has 0 N–H and O–H groups in total. The van der Waals surface area contributed by atoms with Crippen LogP contribution in [0.15, 0.2) is 0 Å². The standard InChI is InChI=1S/C9H20BrNO2S/c1-9(2,8-10)11(3)6-5-7-14(4,12)13/h5-8H2,1-4H3. The second kappa shape index (κ2) is 5.47. The summed E-state index contributed by atoms with van der Waals surface area (Å²) < 4.78 is 21.8. The Labute approximate surface area is 95.9 Å². The topological polar surface area (TPSA) is 37.4 Å². The minimum Gasteiger partial charge on any atom is -0.300 e. The average molecular weight is 286 g/mol. The molecule has 0 radical (unpaired) electrons. The maximum Gasteiger partial charge on any atom is 0.147 e. The zero-order valence-electron chi connectivity index (χ0n) is 9.38. The van der Waals surface area contributed by atoms with Crippen LogP contribution >= 0.6 is 15.9 Å². The first-order valence-electron chi connectivity index (χ1n) is 4.64. The van der Waals surface area contributed by atoms with Gasteiger partial charge in [-0.2, -0.15) is 0 Å². The molecule has 86 valence electrons. The van der Waals surface area contributed by atoms with Crippen LogP contribution in [0.3, 0.4) is 0 Å². The van der Waals surface area contributed by atoms with Crippen molar-refractivity contribution in [1.29, 1.82) is 0 Å². The molecule has 0 saturated heterocycles. The van der Waals surface area contributed by atoms with E-state index in [1.807, 2.05) is 7.05 Å². The highest BCUT2D eigenvalue weighted by Gasteiger charge is 2.21. The van der Waals surface area contributed by atoms with Gasteiger partial charge in [-0.3, -0.25) is 0 Å².